The van der Waals surface area contributed by atoms with Crippen molar-refractivity contribution in [3.8, 4) is 0 Å². The first-order valence-electron chi connectivity index (χ1n) is 26.2. The van der Waals surface area contributed by atoms with E-state index in [1.807, 2.05) is 0 Å². The van der Waals surface area contributed by atoms with Gasteiger partial charge in [0, 0.05) is 56.9 Å². The molecule has 66 heavy (non-hydrogen) atoms. The molecule has 6 bridgehead atoms. The molecule has 3 aromatic carbocycles. The lowest BCUT2D eigenvalue weighted by Gasteiger charge is -2.55. The van der Waals surface area contributed by atoms with E-state index in [4.69, 9.17) is 9.47 Å². The second-order valence-corrected chi connectivity index (χ2v) is 22.8. The van der Waals surface area contributed by atoms with Gasteiger partial charge in [-0.3, -0.25) is 14.4 Å². The molecule has 8 heteroatoms. The van der Waals surface area contributed by atoms with Crippen molar-refractivity contribution in [2.24, 2.45) is 29.6 Å². The van der Waals surface area contributed by atoms with Crippen LogP contribution in [-0.4, -0.2) is 96.1 Å². The highest BCUT2D eigenvalue weighted by Crippen LogP contribution is 2.52. The lowest BCUT2D eigenvalue weighted by atomic mass is 9.59. The van der Waals surface area contributed by atoms with Crippen LogP contribution >= 0.6 is 0 Å². The van der Waals surface area contributed by atoms with Gasteiger partial charge in [-0.05, 0) is 138 Å². The number of benzene rings is 3. The Bertz CT molecular complexity index is 2030. The van der Waals surface area contributed by atoms with Crippen molar-refractivity contribution >= 4 is 17.7 Å². The fourth-order valence-electron chi connectivity index (χ4n) is 14.9. The highest BCUT2D eigenvalue weighted by molar-refractivity contribution is 5.82. The van der Waals surface area contributed by atoms with Gasteiger partial charge in [-0.25, -0.2) is 0 Å². The van der Waals surface area contributed by atoms with Crippen LogP contribution in [0.15, 0.2) is 72.8 Å². The minimum absolute atomic E-state index is 0.0914. The number of amides is 3. The number of hydrogen-bond donors (Lipinski definition) is 0. The van der Waals surface area contributed by atoms with Gasteiger partial charge in [0.05, 0.1) is 12.5 Å². The van der Waals surface area contributed by atoms with E-state index in [1.165, 1.54) is 46.2 Å². The maximum Gasteiger partial charge on any atom is 0.251 e. The van der Waals surface area contributed by atoms with Gasteiger partial charge >= 0.3 is 0 Å². The van der Waals surface area contributed by atoms with E-state index < -0.39 is 0 Å². The number of piperidine rings is 3. The second kappa shape index (κ2) is 18.1. The Morgan fingerprint density at radius 2 is 0.909 bits per heavy atom. The smallest absolute Gasteiger partial charge is 0.251 e. The molecule has 5 unspecified atom stereocenters. The third-order valence-electron chi connectivity index (χ3n) is 19.8. The number of nitrogens with zero attached hydrogens (tertiary/aromatic N) is 3. The first-order valence-corrected chi connectivity index (χ1v) is 26.2. The van der Waals surface area contributed by atoms with Crippen molar-refractivity contribution in [3.63, 3.8) is 0 Å². The van der Waals surface area contributed by atoms with Gasteiger partial charge in [-0.15, -0.1) is 0 Å². The molecule has 5 aliphatic heterocycles. The Hall–Kier alpha value is -4.01. The molecule has 0 spiro atoms. The van der Waals surface area contributed by atoms with E-state index in [9.17, 15) is 14.4 Å². The van der Waals surface area contributed by atoms with Gasteiger partial charge < -0.3 is 24.2 Å². The van der Waals surface area contributed by atoms with Crippen LogP contribution in [0.3, 0.4) is 0 Å². The molecular formula is C58H77N3O5. The average Bonchev–Trinajstić information content (AvgIpc) is 4.16. The number of fused-ring (bicyclic) bond motifs is 12. The minimum atomic E-state index is -0.186. The molecule has 0 aromatic heterocycles. The molecule has 9 aliphatic rings. The second-order valence-electron chi connectivity index (χ2n) is 22.8. The highest BCUT2D eigenvalue weighted by atomic mass is 16.5. The predicted molar refractivity (Wildman–Crippen MR) is 260 cm³/mol. The summed E-state index contributed by atoms with van der Waals surface area (Å²) in [6.45, 7) is 19.1. The molecule has 6 fully saturated rings. The molecule has 11 atom stereocenters. The lowest BCUT2D eigenvalue weighted by Crippen LogP contribution is -2.61. The van der Waals surface area contributed by atoms with Crippen molar-refractivity contribution in [1.29, 1.82) is 0 Å². The first kappa shape index (κ1) is 45.8. The van der Waals surface area contributed by atoms with Crippen LogP contribution in [0.5, 0.6) is 0 Å². The van der Waals surface area contributed by atoms with Crippen LogP contribution < -0.4 is 0 Å². The van der Waals surface area contributed by atoms with Crippen LogP contribution in [0, 0.1) is 29.6 Å². The molecule has 3 amide bonds. The zero-order chi connectivity index (χ0) is 46.0. The third-order valence-corrected chi connectivity index (χ3v) is 19.8. The fourth-order valence-corrected chi connectivity index (χ4v) is 14.9. The van der Waals surface area contributed by atoms with E-state index in [1.54, 1.807) is 0 Å². The number of ether oxygens (including phenoxy) is 2. The summed E-state index contributed by atoms with van der Waals surface area (Å²) in [5.74, 6) is 3.00. The molecule has 354 valence electrons. The molecule has 12 rings (SSSR count). The summed E-state index contributed by atoms with van der Waals surface area (Å²) in [5.41, 5.74) is 9.54. The van der Waals surface area contributed by atoms with E-state index in [2.05, 4.69) is 129 Å². The average molecular weight is 896 g/mol. The first-order chi connectivity index (χ1) is 31.8. The van der Waals surface area contributed by atoms with Crippen molar-refractivity contribution < 1.29 is 23.9 Å². The summed E-state index contributed by atoms with van der Waals surface area (Å²) < 4.78 is 11.1. The molecule has 3 aromatic rings. The van der Waals surface area contributed by atoms with Gasteiger partial charge in [0.1, 0.15) is 6.10 Å². The highest BCUT2D eigenvalue weighted by Gasteiger charge is 2.53. The lowest BCUT2D eigenvalue weighted by molar-refractivity contribution is -0.148. The zero-order valence-corrected chi connectivity index (χ0v) is 40.9. The molecule has 5 saturated heterocycles. The number of hydrogen-bond acceptors (Lipinski definition) is 5. The topological polar surface area (TPSA) is 79.4 Å². The van der Waals surface area contributed by atoms with Crippen LogP contribution in [0.1, 0.15) is 139 Å². The maximum atomic E-state index is 13.0. The number of rotatable bonds is 3. The van der Waals surface area contributed by atoms with Crippen molar-refractivity contribution in [2.45, 2.75) is 165 Å². The maximum absolute atomic E-state index is 13.0. The quantitative estimate of drug-likeness (QED) is 0.262. The van der Waals surface area contributed by atoms with Crippen molar-refractivity contribution in [2.75, 3.05) is 39.5 Å². The number of carbonyl (C=O) groups excluding carboxylic acids is 3. The molecule has 4 aliphatic carbocycles. The Morgan fingerprint density at radius 1 is 0.500 bits per heavy atom. The largest absolute Gasteiger partial charge is 0.381 e. The normalized spacial score (nSPS) is 36.2. The predicted octanol–water partition coefficient (Wildman–Crippen LogP) is 9.62. The van der Waals surface area contributed by atoms with Crippen LogP contribution in [-0.2, 0) is 59.4 Å². The fraction of sp³-hybridized carbons (Fsp3) is 0.638. The monoisotopic (exact) mass is 896 g/mol. The summed E-state index contributed by atoms with van der Waals surface area (Å²) >= 11 is 0. The molecule has 8 nitrogen and oxygen atoms in total. The van der Waals surface area contributed by atoms with E-state index in [-0.39, 0.29) is 34.2 Å². The molecule has 0 N–H and O–H groups in total. The molecule has 0 radical (unpaired) electrons. The molecular weight excluding hydrogens is 819 g/mol. The Balaban J connectivity index is 0.000000116. The number of carbonyl (C=O) groups is 3. The summed E-state index contributed by atoms with van der Waals surface area (Å²) in [6.07, 6.45) is 13.6. The van der Waals surface area contributed by atoms with Gasteiger partial charge in [-0.2, -0.15) is 0 Å². The third kappa shape index (κ3) is 7.76. The van der Waals surface area contributed by atoms with E-state index >= 15 is 0 Å². The van der Waals surface area contributed by atoms with Gasteiger partial charge in [0.25, 0.3) is 5.91 Å². The van der Waals surface area contributed by atoms with Gasteiger partial charge in [-0.1, -0.05) is 127 Å². The summed E-state index contributed by atoms with van der Waals surface area (Å²) in [7, 11) is 0. The van der Waals surface area contributed by atoms with Crippen LogP contribution in [0.25, 0.3) is 0 Å². The zero-order valence-electron chi connectivity index (χ0n) is 40.9. The Morgan fingerprint density at radius 3 is 1.30 bits per heavy atom. The van der Waals surface area contributed by atoms with Crippen molar-refractivity contribution in [1.82, 2.24) is 14.7 Å². The van der Waals surface area contributed by atoms with Crippen LogP contribution in [0.4, 0.5) is 0 Å². The standard InChI is InChI=1S/C20H27NO.2C19H25NO2/c1-14-18-13-16-9-5-6-10-17(16)20(14,2)11-12-21(18)19(22)15-7-3-4-8-15;1-13-16-12-14-6-3-4-7-15(14)19(13,2)9-10-20(16)18(21)17-8-5-11-22-17;1-13-17-11-14-5-3-4-6-16(14)19(13,2)8-9-20(17)18(21)15-7-10-22-12-15/h5-6,9-10,14-15,18H,3-4,7-8,11-13H2,1-2H3;3-4,6-7,13,16-17H,5,8-12H2,1-2H3;3-6,13,15,17H,7-12H2,1-2H3/t14-,18?,20+;13-,16?,17?,19+;13-,15?,17?,19+/m111/s1. The summed E-state index contributed by atoms with van der Waals surface area (Å²) in [5, 5.41) is 0. The van der Waals surface area contributed by atoms with E-state index in [0.29, 0.717) is 60.2 Å². The SMILES string of the molecule is C[C@@H]1C2Cc3ccccc3[C@@]1(C)CCN2C(=O)C1CCCC1.C[C@@H]1C2Cc3ccccc3[C@@]1(C)CCN2C(=O)C1CCCO1.C[C@@H]1C2Cc3ccccc3[C@@]1(C)CCN2C(=O)C1CCOC1. The Labute approximate surface area is 395 Å². The van der Waals surface area contributed by atoms with Gasteiger partial charge in [0.15, 0.2) is 0 Å². The summed E-state index contributed by atoms with van der Waals surface area (Å²) in [4.78, 5) is 45.3. The van der Waals surface area contributed by atoms with Crippen LogP contribution in [0.2, 0.25) is 0 Å². The Kier molecular flexibility index (Phi) is 12.6. The minimum Gasteiger partial charge on any atom is -0.381 e. The molecule has 5 heterocycles. The summed E-state index contributed by atoms with van der Waals surface area (Å²) in [6, 6.07) is 27.6. The number of likely N-dealkylation sites (tertiary alicyclic amines) is 3. The van der Waals surface area contributed by atoms with Gasteiger partial charge in [0.2, 0.25) is 11.8 Å². The van der Waals surface area contributed by atoms with E-state index in [0.717, 1.165) is 103 Å². The molecule has 1 saturated carbocycles. The van der Waals surface area contributed by atoms with Crippen molar-refractivity contribution in [3.05, 3.63) is 106 Å².